The van der Waals surface area contributed by atoms with Crippen LogP contribution in [0.3, 0.4) is 0 Å². The molecule has 1 heterocycles. The Bertz CT molecular complexity index is 435. The molecule has 0 bridgehead atoms. The van der Waals surface area contributed by atoms with E-state index in [9.17, 15) is 8.42 Å². The van der Waals surface area contributed by atoms with Gasteiger partial charge in [-0.2, -0.15) is 0 Å². The molecule has 1 aromatic heterocycles. The lowest BCUT2D eigenvalue weighted by Gasteiger charge is -2.22. The van der Waals surface area contributed by atoms with Crippen molar-refractivity contribution < 1.29 is 8.42 Å². The Morgan fingerprint density at radius 2 is 2.20 bits per heavy atom. The van der Waals surface area contributed by atoms with E-state index in [0.29, 0.717) is 0 Å². The number of hydrogen-bond acceptors (Lipinski definition) is 4. The molecule has 0 aromatic carbocycles. The minimum Gasteiger partial charge on any atom is -0.339 e. The Morgan fingerprint density at radius 1 is 1.60 bits per heavy atom. The van der Waals surface area contributed by atoms with E-state index in [1.807, 2.05) is 0 Å². The van der Waals surface area contributed by atoms with Crippen molar-refractivity contribution in [1.29, 1.82) is 0 Å². The van der Waals surface area contributed by atoms with Crippen LogP contribution in [-0.2, 0) is 17.1 Å². The van der Waals surface area contributed by atoms with Gasteiger partial charge in [-0.1, -0.05) is 0 Å². The van der Waals surface area contributed by atoms with Gasteiger partial charge >= 0.3 is 0 Å². The largest absolute Gasteiger partial charge is 0.339 e. The highest BCUT2D eigenvalue weighted by atomic mass is 32.2. The van der Waals surface area contributed by atoms with Gasteiger partial charge in [0.1, 0.15) is 0 Å². The van der Waals surface area contributed by atoms with E-state index in [2.05, 4.69) is 9.71 Å². The Balaban J connectivity index is 2.95. The standard InChI is InChI=1S/C8H16N4O2S/c1-8(2,5-9)11-15(13,14)7-4-12(3)6-10-7/h4,6,11H,5,9H2,1-3H3. The molecule has 86 valence electrons. The number of imidazole rings is 1. The van der Waals surface area contributed by atoms with E-state index in [-0.39, 0.29) is 11.6 Å². The maximum absolute atomic E-state index is 11.8. The van der Waals surface area contributed by atoms with Crippen LogP contribution in [0.4, 0.5) is 0 Å². The van der Waals surface area contributed by atoms with Crippen molar-refractivity contribution >= 4 is 10.0 Å². The minimum absolute atomic E-state index is 0.00604. The summed E-state index contributed by atoms with van der Waals surface area (Å²) in [5.74, 6) is 0. The van der Waals surface area contributed by atoms with Crippen LogP contribution in [0.2, 0.25) is 0 Å². The first kappa shape index (κ1) is 12.2. The Morgan fingerprint density at radius 3 is 2.60 bits per heavy atom. The van der Waals surface area contributed by atoms with Crippen LogP contribution in [-0.4, -0.2) is 30.1 Å². The third-order valence-electron chi connectivity index (χ3n) is 1.88. The fourth-order valence-corrected chi connectivity index (χ4v) is 2.39. The molecule has 6 nitrogen and oxygen atoms in total. The zero-order chi connectivity index (χ0) is 11.7. The summed E-state index contributed by atoms with van der Waals surface area (Å²) < 4.78 is 27.6. The lowest BCUT2D eigenvalue weighted by molar-refractivity contribution is 0.461. The number of sulfonamides is 1. The molecule has 0 aliphatic heterocycles. The van der Waals surface area contributed by atoms with Crippen molar-refractivity contribution in [3.8, 4) is 0 Å². The van der Waals surface area contributed by atoms with Gasteiger partial charge in [0.05, 0.1) is 6.33 Å². The third-order valence-corrected chi connectivity index (χ3v) is 3.46. The van der Waals surface area contributed by atoms with Crippen LogP contribution < -0.4 is 10.5 Å². The van der Waals surface area contributed by atoms with Gasteiger partial charge in [0.15, 0.2) is 5.03 Å². The van der Waals surface area contributed by atoms with Crippen molar-refractivity contribution in [2.45, 2.75) is 24.4 Å². The first-order chi connectivity index (χ1) is 6.77. The van der Waals surface area contributed by atoms with E-state index in [0.717, 1.165) is 0 Å². The summed E-state index contributed by atoms with van der Waals surface area (Å²) in [5.41, 5.74) is 4.77. The molecule has 0 spiro atoms. The molecule has 0 aliphatic carbocycles. The molecular formula is C8H16N4O2S. The highest BCUT2D eigenvalue weighted by Crippen LogP contribution is 2.09. The van der Waals surface area contributed by atoms with Crippen LogP contribution in [0.5, 0.6) is 0 Å². The number of aromatic nitrogens is 2. The van der Waals surface area contributed by atoms with Gasteiger partial charge < -0.3 is 10.3 Å². The predicted octanol–water partition coefficient (Wildman–Crippen LogP) is -0.564. The maximum atomic E-state index is 11.8. The van der Waals surface area contributed by atoms with Crippen LogP contribution in [0.1, 0.15) is 13.8 Å². The zero-order valence-electron chi connectivity index (χ0n) is 9.06. The smallest absolute Gasteiger partial charge is 0.260 e. The second-order valence-corrected chi connectivity index (χ2v) is 5.70. The van der Waals surface area contributed by atoms with E-state index >= 15 is 0 Å². The van der Waals surface area contributed by atoms with Crippen LogP contribution in [0, 0.1) is 0 Å². The molecular weight excluding hydrogens is 216 g/mol. The molecule has 0 atom stereocenters. The predicted molar refractivity (Wildman–Crippen MR) is 56.7 cm³/mol. The van der Waals surface area contributed by atoms with Crippen molar-refractivity contribution in [2.24, 2.45) is 12.8 Å². The van der Waals surface area contributed by atoms with Crippen molar-refractivity contribution in [2.75, 3.05) is 6.54 Å². The summed E-state index contributed by atoms with van der Waals surface area (Å²) in [5, 5.41) is 0.00604. The van der Waals surface area contributed by atoms with E-state index in [4.69, 9.17) is 5.73 Å². The number of rotatable bonds is 4. The monoisotopic (exact) mass is 232 g/mol. The fourth-order valence-electron chi connectivity index (χ4n) is 0.985. The van der Waals surface area contributed by atoms with Gasteiger partial charge in [0.25, 0.3) is 10.0 Å². The molecule has 0 amide bonds. The van der Waals surface area contributed by atoms with Gasteiger partial charge in [-0.15, -0.1) is 0 Å². The quantitative estimate of drug-likeness (QED) is 0.728. The molecule has 15 heavy (non-hydrogen) atoms. The molecule has 3 N–H and O–H groups in total. The van der Waals surface area contributed by atoms with Gasteiger partial charge in [-0.25, -0.2) is 18.1 Å². The summed E-state index contributed by atoms with van der Waals surface area (Å²) in [6.45, 7) is 3.65. The Kier molecular flexibility index (Phi) is 3.17. The number of aryl methyl sites for hydroxylation is 1. The molecule has 0 radical (unpaired) electrons. The summed E-state index contributed by atoms with van der Waals surface area (Å²) in [7, 11) is -1.86. The molecule has 0 saturated heterocycles. The number of nitrogens with zero attached hydrogens (tertiary/aromatic N) is 2. The van der Waals surface area contributed by atoms with Gasteiger partial charge in [0.2, 0.25) is 0 Å². The number of hydrogen-bond donors (Lipinski definition) is 2. The van der Waals surface area contributed by atoms with E-state index in [1.54, 1.807) is 25.5 Å². The second-order valence-electron chi connectivity index (χ2n) is 4.07. The number of nitrogens with one attached hydrogen (secondary N) is 1. The van der Waals surface area contributed by atoms with Gasteiger partial charge in [-0.3, -0.25) is 0 Å². The summed E-state index contributed by atoms with van der Waals surface area (Å²) in [6, 6.07) is 0. The SMILES string of the molecule is Cn1cnc(S(=O)(=O)NC(C)(C)CN)c1. The summed E-state index contributed by atoms with van der Waals surface area (Å²) >= 11 is 0. The van der Waals surface area contributed by atoms with Gasteiger partial charge in [-0.05, 0) is 13.8 Å². The highest BCUT2D eigenvalue weighted by molar-refractivity contribution is 7.89. The topological polar surface area (TPSA) is 90.0 Å². The van der Waals surface area contributed by atoms with Crippen LogP contribution in [0.15, 0.2) is 17.6 Å². The first-order valence-corrected chi connectivity index (χ1v) is 5.97. The fraction of sp³-hybridized carbons (Fsp3) is 0.625. The summed E-state index contributed by atoms with van der Waals surface area (Å²) in [6.07, 6.45) is 2.87. The second kappa shape index (κ2) is 3.92. The molecule has 0 aliphatic rings. The van der Waals surface area contributed by atoms with E-state index in [1.165, 1.54) is 12.5 Å². The van der Waals surface area contributed by atoms with Crippen molar-refractivity contribution in [1.82, 2.24) is 14.3 Å². The van der Waals surface area contributed by atoms with E-state index < -0.39 is 15.6 Å². The minimum atomic E-state index is -3.57. The lowest BCUT2D eigenvalue weighted by atomic mass is 10.1. The third kappa shape index (κ3) is 3.01. The van der Waals surface area contributed by atoms with Crippen LogP contribution in [0.25, 0.3) is 0 Å². The first-order valence-electron chi connectivity index (χ1n) is 4.49. The normalized spacial score (nSPS) is 13.1. The molecule has 0 fully saturated rings. The average Bonchev–Trinajstić information content (AvgIpc) is 2.51. The van der Waals surface area contributed by atoms with Crippen molar-refractivity contribution in [3.63, 3.8) is 0 Å². The highest BCUT2D eigenvalue weighted by Gasteiger charge is 2.26. The molecule has 7 heteroatoms. The van der Waals surface area contributed by atoms with Crippen molar-refractivity contribution in [3.05, 3.63) is 12.5 Å². The number of nitrogens with two attached hydrogens (primary N) is 1. The van der Waals surface area contributed by atoms with Crippen LogP contribution >= 0.6 is 0 Å². The summed E-state index contributed by atoms with van der Waals surface area (Å²) in [4.78, 5) is 3.78. The maximum Gasteiger partial charge on any atom is 0.260 e. The molecule has 1 rings (SSSR count). The molecule has 0 saturated carbocycles. The average molecular weight is 232 g/mol. The molecule has 0 unspecified atom stereocenters. The zero-order valence-corrected chi connectivity index (χ0v) is 9.87. The Hall–Kier alpha value is -0.920. The molecule has 1 aromatic rings. The lowest BCUT2D eigenvalue weighted by Crippen LogP contribution is -2.48. The Labute approximate surface area is 89.5 Å². The van der Waals surface area contributed by atoms with Gasteiger partial charge in [0, 0.05) is 25.3 Å².